The van der Waals surface area contributed by atoms with Crippen molar-refractivity contribution < 1.29 is 42.7 Å². The van der Waals surface area contributed by atoms with Crippen LogP contribution in [-0.4, -0.2) is 23.9 Å². The van der Waals surface area contributed by atoms with E-state index >= 15 is 0 Å². The van der Waals surface area contributed by atoms with Gasteiger partial charge in [-0.3, -0.25) is 0 Å². The van der Waals surface area contributed by atoms with Crippen LogP contribution in [0.25, 0.3) is 0 Å². The largest absolute Gasteiger partial charge is 0.437 e. The van der Waals surface area contributed by atoms with Crippen molar-refractivity contribution in [2.45, 2.75) is 44.6 Å². The van der Waals surface area contributed by atoms with Crippen LogP contribution < -0.4 is 0 Å². The molecule has 0 N–H and O–H groups in total. The van der Waals surface area contributed by atoms with Gasteiger partial charge in [-0.1, -0.05) is 19.9 Å². The number of carbonyl (C=O) groups is 1. The van der Waals surface area contributed by atoms with E-state index in [1.54, 1.807) is 0 Å². The first-order valence-corrected chi connectivity index (χ1v) is 4.56. The highest BCUT2D eigenvalue weighted by Crippen LogP contribution is 2.49. The molecule has 0 bridgehead atoms. The minimum Gasteiger partial charge on any atom is -0.436 e. The molecule has 0 spiro atoms. The average Bonchev–Trinajstić information content (AvgIpc) is 2.21. The molecule has 0 aromatic heterocycles. The maximum Gasteiger partial charge on any atom is 0.437 e. The van der Waals surface area contributed by atoms with Crippen LogP contribution in [0.3, 0.4) is 0 Å². The van der Waals surface area contributed by atoms with Crippen LogP contribution >= 0.6 is 0 Å². The zero-order chi connectivity index (χ0) is 18.9. The van der Waals surface area contributed by atoms with Crippen LogP contribution in [-0.2, 0) is 9.53 Å². The zero-order valence-corrected chi connectivity index (χ0v) is 9.00. The van der Waals surface area contributed by atoms with Gasteiger partial charge >= 0.3 is 23.9 Å². The van der Waals surface area contributed by atoms with E-state index in [0.29, 0.717) is 0 Å². The molecule has 0 unspecified atom stereocenters. The van der Waals surface area contributed by atoms with Crippen molar-refractivity contribution in [2.24, 2.45) is 0 Å². The van der Waals surface area contributed by atoms with Gasteiger partial charge in [-0.15, -0.1) is 0 Å². The summed E-state index contributed by atoms with van der Waals surface area (Å²) < 4.78 is 115. The second-order valence-corrected chi connectivity index (χ2v) is 3.34. The van der Waals surface area contributed by atoms with E-state index in [4.69, 9.17) is 6.85 Å². The SMILES string of the molecule is [2H]C([2H])=C(C(=O)OC(CCC)(C(F)(F)F)C(F)(F)F)C([2H])([2H])[2H]. The second-order valence-electron chi connectivity index (χ2n) is 3.34. The Kier molecular flexibility index (Phi) is 2.79. The monoisotopic (exact) mass is 283 g/mol. The maximum absolute atomic E-state index is 12.9. The fourth-order valence-electron chi connectivity index (χ4n) is 1.17. The number of hydrogen-bond donors (Lipinski definition) is 0. The van der Waals surface area contributed by atoms with Crippen molar-refractivity contribution in [3.05, 3.63) is 12.1 Å². The van der Waals surface area contributed by atoms with E-state index in [-0.39, 0.29) is 0 Å². The molecular weight excluding hydrogens is 266 g/mol. The quantitative estimate of drug-likeness (QED) is 0.446. The number of halogens is 6. The summed E-state index contributed by atoms with van der Waals surface area (Å²) in [5.74, 6) is -2.53. The molecule has 0 aliphatic heterocycles. The molecule has 18 heavy (non-hydrogen) atoms. The van der Waals surface area contributed by atoms with Gasteiger partial charge in [0.15, 0.2) is 0 Å². The molecule has 0 radical (unpaired) electrons. The third-order valence-corrected chi connectivity index (χ3v) is 1.99. The molecule has 0 fully saturated rings. The summed E-state index contributed by atoms with van der Waals surface area (Å²) in [5.41, 5.74) is -6.79. The smallest absolute Gasteiger partial charge is 0.436 e. The molecule has 0 atom stereocenters. The van der Waals surface area contributed by atoms with Crippen molar-refractivity contribution in [3.63, 3.8) is 0 Å². The first-order chi connectivity index (χ1) is 10.0. The molecule has 0 aromatic carbocycles. The van der Waals surface area contributed by atoms with Gasteiger partial charge in [0.2, 0.25) is 0 Å². The van der Waals surface area contributed by atoms with E-state index < -0.39 is 55.7 Å². The van der Waals surface area contributed by atoms with E-state index in [9.17, 15) is 31.1 Å². The number of esters is 1. The Labute approximate surface area is 107 Å². The summed E-state index contributed by atoms with van der Waals surface area (Å²) in [6.07, 6.45) is -14.5. The molecule has 106 valence electrons. The topological polar surface area (TPSA) is 26.3 Å². The standard InChI is InChI=1S/C10H12F6O2/c1-4-5-8(9(11,12)13,10(14,15)16)18-7(17)6(2)3/h2,4-5H2,1,3H3/i2D2,3D3. The van der Waals surface area contributed by atoms with Gasteiger partial charge in [-0.25, -0.2) is 4.79 Å². The number of hydrogen-bond acceptors (Lipinski definition) is 2. The predicted molar refractivity (Wildman–Crippen MR) is 50.7 cm³/mol. The Bertz CT molecular complexity index is 462. The summed E-state index contributed by atoms with van der Waals surface area (Å²) in [5, 5.41) is 0. The highest BCUT2D eigenvalue weighted by Gasteiger charge is 2.73. The molecule has 0 aromatic rings. The van der Waals surface area contributed by atoms with Gasteiger partial charge in [0, 0.05) is 16.1 Å². The molecule has 0 saturated carbocycles. The van der Waals surface area contributed by atoms with Crippen LogP contribution in [0.1, 0.15) is 33.5 Å². The van der Waals surface area contributed by atoms with Gasteiger partial charge in [-0.05, 0) is 6.85 Å². The minimum atomic E-state index is -6.07. The van der Waals surface area contributed by atoms with Gasteiger partial charge in [0.25, 0.3) is 0 Å². The lowest BCUT2D eigenvalue weighted by Gasteiger charge is -2.36. The lowest BCUT2D eigenvalue weighted by Crippen LogP contribution is -2.59. The Morgan fingerprint density at radius 2 is 1.78 bits per heavy atom. The van der Waals surface area contributed by atoms with Crippen molar-refractivity contribution >= 4 is 5.97 Å². The van der Waals surface area contributed by atoms with Crippen LogP contribution in [0.4, 0.5) is 26.3 Å². The molecule has 0 heterocycles. The summed E-state index contributed by atoms with van der Waals surface area (Å²) in [6.45, 7) is -4.36. The Hall–Kier alpha value is -1.21. The molecule has 0 aliphatic carbocycles. The van der Waals surface area contributed by atoms with E-state index in [1.807, 2.05) is 0 Å². The first-order valence-electron chi connectivity index (χ1n) is 7.06. The molecular formula is C10H12F6O2. The summed E-state index contributed by atoms with van der Waals surface area (Å²) in [7, 11) is 0. The lowest BCUT2D eigenvalue weighted by molar-refractivity contribution is -0.370. The van der Waals surface area contributed by atoms with E-state index in [1.165, 1.54) is 0 Å². The molecule has 0 saturated heterocycles. The van der Waals surface area contributed by atoms with Crippen molar-refractivity contribution in [2.75, 3.05) is 0 Å². The number of carbonyl (C=O) groups excluding carboxylic acids is 1. The van der Waals surface area contributed by atoms with Gasteiger partial charge < -0.3 is 4.74 Å². The number of ether oxygens (including phenoxy) is 1. The van der Waals surface area contributed by atoms with Gasteiger partial charge in [0.05, 0.1) is 2.74 Å². The van der Waals surface area contributed by atoms with Crippen molar-refractivity contribution in [1.82, 2.24) is 0 Å². The summed E-state index contributed by atoms with van der Waals surface area (Å²) in [6, 6.07) is 0. The lowest BCUT2D eigenvalue weighted by atomic mass is 9.96. The number of alkyl halides is 6. The third kappa shape index (κ3) is 3.17. The maximum atomic E-state index is 12.9. The molecule has 0 rings (SSSR count). The molecule has 0 amide bonds. The van der Waals surface area contributed by atoms with Crippen LogP contribution in [0.15, 0.2) is 12.1 Å². The fourth-order valence-corrected chi connectivity index (χ4v) is 1.17. The normalized spacial score (nSPS) is 17.8. The van der Waals surface area contributed by atoms with Crippen molar-refractivity contribution in [3.8, 4) is 0 Å². The van der Waals surface area contributed by atoms with E-state index in [0.717, 1.165) is 6.92 Å². The Balaban J connectivity index is 6.11. The van der Waals surface area contributed by atoms with Crippen LogP contribution in [0, 0.1) is 0 Å². The van der Waals surface area contributed by atoms with Crippen molar-refractivity contribution in [1.29, 1.82) is 0 Å². The predicted octanol–water partition coefficient (Wildman–Crippen LogP) is 3.77. The number of rotatable bonds is 4. The molecule has 0 aliphatic rings. The molecule has 8 heteroatoms. The van der Waals surface area contributed by atoms with E-state index in [2.05, 4.69) is 4.74 Å². The highest BCUT2D eigenvalue weighted by atomic mass is 19.4. The second kappa shape index (κ2) is 5.19. The fraction of sp³-hybridized carbons (Fsp3) is 0.700. The average molecular weight is 283 g/mol. The highest BCUT2D eigenvalue weighted by molar-refractivity contribution is 5.87. The Morgan fingerprint density at radius 3 is 2.06 bits per heavy atom. The zero-order valence-electron chi connectivity index (χ0n) is 14.0. The summed E-state index contributed by atoms with van der Waals surface area (Å²) >= 11 is 0. The van der Waals surface area contributed by atoms with Crippen LogP contribution in [0.5, 0.6) is 0 Å². The minimum absolute atomic E-state index is 0.687. The van der Waals surface area contributed by atoms with Gasteiger partial charge in [0.1, 0.15) is 0 Å². The Morgan fingerprint density at radius 1 is 1.28 bits per heavy atom. The molecule has 2 nitrogen and oxygen atoms in total. The third-order valence-electron chi connectivity index (χ3n) is 1.99. The van der Waals surface area contributed by atoms with Gasteiger partial charge in [-0.2, -0.15) is 26.3 Å². The van der Waals surface area contributed by atoms with Crippen LogP contribution in [0.2, 0.25) is 0 Å². The first kappa shape index (κ1) is 9.69. The summed E-state index contributed by atoms with van der Waals surface area (Å²) in [4.78, 5) is 11.5.